The summed E-state index contributed by atoms with van der Waals surface area (Å²) in [5.41, 5.74) is 3.80. The van der Waals surface area contributed by atoms with Gasteiger partial charge in [0.15, 0.2) is 17.6 Å². The molecule has 0 aromatic carbocycles. The van der Waals surface area contributed by atoms with Crippen molar-refractivity contribution in [2.45, 2.75) is 51.4 Å². The Balaban J connectivity index is 1.19. The van der Waals surface area contributed by atoms with Crippen LogP contribution in [0.1, 0.15) is 40.3 Å². The molecular formula is C24H26N4O5. The standard InChI is InChI=1S/C24H26N4O5/c1-14-20-18(33-22(14)23(29)26-10-16-4-3-9-30-16)7-6-15-11-28(27-21(15)20)12-17-13-31-24-19(32-17)5-2-8-25-24/h2,5,8,11,16-17H,3-4,6-7,9-10,12-13H2,1H3,(H,26,29)/t16?,17-/m1/s1. The number of pyridine rings is 1. The van der Waals surface area contributed by atoms with Gasteiger partial charge in [-0.25, -0.2) is 4.98 Å². The van der Waals surface area contributed by atoms with Crippen LogP contribution in [0.4, 0.5) is 0 Å². The summed E-state index contributed by atoms with van der Waals surface area (Å²) >= 11 is 0. The highest BCUT2D eigenvalue weighted by molar-refractivity contribution is 5.95. The number of furan rings is 1. The largest absolute Gasteiger partial charge is 0.479 e. The lowest BCUT2D eigenvalue weighted by Crippen LogP contribution is -2.33. The van der Waals surface area contributed by atoms with Gasteiger partial charge in [-0.1, -0.05) is 0 Å². The fourth-order valence-corrected chi connectivity index (χ4v) is 4.82. The van der Waals surface area contributed by atoms with E-state index in [9.17, 15) is 4.79 Å². The van der Waals surface area contributed by atoms with Crippen LogP contribution in [-0.4, -0.2) is 52.6 Å². The van der Waals surface area contributed by atoms with Crippen molar-refractivity contribution in [3.8, 4) is 22.9 Å². The second-order valence-electron chi connectivity index (χ2n) is 8.78. The topological polar surface area (TPSA) is 101 Å². The molecule has 3 aliphatic rings. The van der Waals surface area contributed by atoms with Crippen molar-refractivity contribution >= 4 is 5.91 Å². The third-order valence-electron chi connectivity index (χ3n) is 6.46. The van der Waals surface area contributed by atoms with Gasteiger partial charge in [0.1, 0.15) is 12.4 Å². The maximum atomic E-state index is 12.8. The first-order valence-corrected chi connectivity index (χ1v) is 11.5. The Morgan fingerprint density at radius 3 is 3.12 bits per heavy atom. The summed E-state index contributed by atoms with van der Waals surface area (Å²) in [4.78, 5) is 17.0. The minimum atomic E-state index is -0.196. The fourth-order valence-electron chi connectivity index (χ4n) is 4.82. The summed E-state index contributed by atoms with van der Waals surface area (Å²) in [5.74, 6) is 2.17. The second kappa shape index (κ2) is 8.22. The van der Waals surface area contributed by atoms with E-state index in [1.807, 2.05) is 23.7 Å². The van der Waals surface area contributed by atoms with Gasteiger partial charge in [-0.15, -0.1) is 0 Å². The number of carbonyl (C=O) groups excluding carboxylic acids is 1. The molecule has 9 nitrogen and oxygen atoms in total. The molecule has 1 unspecified atom stereocenters. The Morgan fingerprint density at radius 1 is 1.30 bits per heavy atom. The molecule has 0 saturated carbocycles. The average molecular weight is 450 g/mol. The van der Waals surface area contributed by atoms with Gasteiger partial charge in [0.25, 0.3) is 11.8 Å². The summed E-state index contributed by atoms with van der Waals surface area (Å²) in [6, 6.07) is 3.68. The molecule has 3 aromatic heterocycles. The highest BCUT2D eigenvalue weighted by Gasteiger charge is 2.31. The van der Waals surface area contributed by atoms with E-state index in [1.54, 1.807) is 6.20 Å². The highest BCUT2D eigenvalue weighted by atomic mass is 16.6. The zero-order valence-corrected chi connectivity index (χ0v) is 18.5. The van der Waals surface area contributed by atoms with Gasteiger partial charge in [-0.3, -0.25) is 9.48 Å². The van der Waals surface area contributed by atoms with Crippen LogP contribution in [0, 0.1) is 6.92 Å². The van der Waals surface area contributed by atoms with Crippen LogP contribution in [-0.2, 0) is 24.1 Å². The lowest BCUT2D eigenvalue weighted by molar-refractivity contribution is 0.0716. The number of carbonyl (C=O) groups is 1. The Hall–Kier alpha value is -3.33. The van der Waals surface area contributed by atoms with E-state index in [0.717, 1.165) is 60.4 Å². The second-order valence-corrected chi connectivity index (χ2v) is 8.78. The third-order valence-corrected chi connectivity index (χ3v) is 6.46. The summed E-state index contributed by atoms with van der Waals surface area (Å²) < 4.78 is 25.3. The zero-order chi connectivity index (χ0) is 22.4. The SMILES string of the molecule is Cc1c(C(=O)NCC2CCCO2)oc2c1-c1nn(C[C@@H]3COc4ncccc4O3)cc1CC2. The minimum absolute atomic E-state index is 0.0925. The third kappa shape index (κ3) is 3.76. The van der Waals surface area contributed by atoms with Gasteiger partial charge in [0.05, 0.1) is 18.3 Å². The molecule has 2 aliphatic heterocycles. The zero-order valence-electron chi connectivity index (χ0n) is 18.5. The molecule has 0 spiro atoms. The van der Waals surface area contributed by atoms with Gasteiger partial charge < -0.3 is 23.9 Å². The molecule has 1 saturated heterocycles. The summed E-state index contributed by atoms with van der Waals surface area (Å²) in [7, 11) is 0. The van der Waals surface area contributed by atoms with E-state index in [4.69, 9.17) is 23.7 Å². The maximum Gasteiger partial charge on any atom is 0.287 e. The van der Waals surface area contributed by atoms with Crippen LogP contribution >= 0.6 is 0 Å². The lowest BCUT2D eigenvalue weighted by Gasteiger charge is -2.25. The Bertz CT molecular complexity index is 1190. The van der Waals surface area contributed by atoms with Crippen molar-refractivity contribution < 1.29 is 23.4 Å². The molecule has 33 heavy (non-hydrogen) atoms. The van der Waals surface area contributed by atoms with Crippen molar-refractivity contribution in [1.29, 1.82) is 0 Å². The van der Waals surface area contributed by atoms with E-state index in [1.165, 1.54) is 0 Å². The number of aromatic nitrogens is 3. The summed E-state index contributed by atoms with van der Waals surface area (Å²) in [5, 5.41) is 7.80. The van der Waals surface area contributed by atoms with Gasteiger partial charge in [-0.2, -0.15) is 5.10 Å². The number of ether oxygens (including phenoxy) is 3. The number of aryl methyl sites for hydroxylation is 2. The summed E-state index contributed by atoms with van der Waals surface area (Å²) in [6.07, 6.45) is 7.27. The molecule has 0 bridgehead atoms. The van der Waals surface area contributed by atoms with Gasteiger partial charge in [0.2, 0.25) is 0 Å². The molecule has 1 fully saturated rings. The van der Waals surface area contributed by atoms with Gasteiger partial charge in [0, 0.05) is 43.1 Å². The predicted octanol–water partition coefficient (Wildman–Crippen LogP) is 2.69. The monoisotopic (exact) mass is 450 g/mol. The van der Waals surface area contributed by atoms with Crippen LogP contribution in [0.3, 0.4) is 0 Å². The van der Waals surface area contributed by atoms with Crippen molar-refractivity contribution in [3.63, 3.8) is 0 Å². The first-order chi connectivity index (χ1) is 16.2. The van der Waals surface area contributed by atoms with E-state index < -0.39 is 0 Å². The molecule has 3 aromatic rings. The Kier molecular flexibility index (Phi) is 5.05. The molecule has 2 atom stereocenters. The number of nitrogens with zero attached hydrogens (tertiary/aromatic N) is 3. The van der Waals surface area contributed by atoms with Crippen LogP contribution in [0.5, 0.6) is 11.6 Å². The van der Waals surface area contributed by atoms with Crippen LogP contribution < -0.4 is 14.8 Å². The average Bonchev–Trinajstić information content (AvgIpc) is 3.56. The molecule has 1 amide bonds. The smallest absolute Gasteiger partial charge is 0.287 e. The van der Waals surface area contributed by atoms with Crippen molar-refractivity contribution in [3.05, 3.63) is 47.2 Å². The molecule has 5 heterocycles. The number of hydrogen-bond donors (Lipinski definition) is 1. The first-order valence-electron chi connectivity index (χ1n) is 11.5. The number of rotatable bonds is 5. The minimum Gasteiger partial charge on any atom is -0.479 e. The van der Waals surface area contributed by atoms with Gasteiger partial charge >= 0.3 is 0 Å². The van der Waals surface area contributed by atoms with Gasteiger partial charge in [-0.05, 0) is 43.9 Å². The molecule has 9 heteroatoms. The van der Waals surface area contributed by atoms with E-state index in [0.29, 0.717) is 37.1 Å². The van der Waals surface area contributed by atoms with Crippen LogP contribution in [0.2, 0.25) is 0 Å². The Morgan fingerprint density at radius 2 is 2.24 bits per heavy atom. The number of fused-ring (bicyclic) bond motifs is 4. The molecule has 1 aliphatic carbocycles. The number of amides is 1. The predicted molar refractivity (Wildman–Crippen MR) is 118 cm³/mol. The number of nitrogens with one attached hydrogen (secondary N) is 1. The van der Waals surface area contributed by atoms with E-state index in [2.05, 4.69) is 16.5 Å². The quantitative estimate of drug-likeness (QED) is 0.638. The van der Waals surface area contributed by atoms with E-state index >= 15 is 0 Å². The lowest BCUT2D eigenvalue weighted by atomic mass is 9.93. The number of hydrogen-bond acceptors (Lipinski definition) is 7. The maximum absolute atomic E-state index is 12.8. The van der Waals surface area contributed by atoms with Crippen LogP contribution in [0.15, 0.2) is 28.9 Å². The molecule has 0 radical (unpaired) electrons. The molecular weight excluding hydrogens is 424 g/mol. The van der Waals surface area contributed by atoms with E-state index in [-0.39, 0.29) is 18.1 Å². The summed E-state index contributed by atoms with van der Waals surface area (Å²) in [6.45, 7) is 4.18. The molecule has 172 valence electrons. The molecule has 1 N–H and O–H groups in total. The first kappa shape index (κ1) is 20.3. The van der Waals surface area contributed by atoms with Crippen molar-refractivity contribution in [1.82, 2.24) is 20.1 Å². The van der Waals surface area contributed by atoms with Crippen molar-refractivity contribution in [2.24, 2.45) is 0 Å². The fraction of sp³-hybridized carbons (Fsp3) is 0.458. The normalized spacial score (nSPS) is 20.9. The van der Waals surface area contributed by atoms with Crippen molar-refractivity contribution in [2.75, 3.05) is 19.8 Å². The van der Waals surface area contributed by atoms with Crippen LogP contribution in [0.25, 0.3) is 11.3 Å². The Labute approximate surface area is 191 Å². The highest BCUT2D eigenvalue weighted by Crippen LogP contribution is 2.38. The molecule has 6 rings (SSSR count).